The van der Waals surface area contributed by atoms with Gasteiger partial charge in [0.05, 0.1) is 11.9 Å². The van der Waals surface area contributed by atoms with E-state index in [-0.39, 0.29) is 17.2 Å². The quantitative estimate of drug-likeness (QED) is 0.780. The molecule has 15 heavy (non-hydrogen) atoms. The molecule has 0 saturated heterocycles. The number of hydrogen-bond donors (Lipinski definition) is 2. The monoisotopic (exact) mass is 250 g/mol. The minimum absolute atomic E-state index is 0.00498. The Hall–Kier alpha value is -1.15. The van der Waals surface area contributed by atoms with Crippen molar-refractivity contribution in [3.8, 4) is 0 Å². The summed E-state index contributed by atoms with van der Waals surface area (Å²) < 4.78 is 21.6. The van der Waals surface area contributed by atoms with E-state index < -0.39 is 15.8 Å². The van der Waals surface area contributed by atoms with Crippen LogP contribution in [-0.2, 0) is 9.84 Å². The number of hydrogen-bond acceptors (Lipinski definition) is 6. The van der Waals surface area contributed by atoms with Gasteiger partial charge in [0, 0.05) is 12.8 Å². The number of anilines is 1. The molecule has 0 aliphatic carbocycles. The Balaban J connectivity index is 2.48. The first kappa shape index (κ1) is 11.9. The summed E-state index contributed by atoms with van der Waals surface area (Å²) in [5, 5.41) is 11.8. The third kappa shape index (κ3) is 4.26. The van der Waals surface area contributed by atoms with Gasteiger partial charge < -0.3 is 10.4 Å². The molecule has 1 rings (SSSR count). The molecule has 0 radical (unpaired) electrons. The van der Waals surface area contributed by atoms with Crippen molar-refractivity contribution in [1.82, 2.24) is 4.98 Å². The predicted octanol–water partition coefficient (Wildman–Crippen LogP) is 0.298. The molecule has 0 aromatic carbocycles. The van der Waals surface area contributed by atoms with Gasteiger partial charge in [-0.1, -0.05) is 11.3 Å². The van der Waals surface area contributed by atoms with Crippen LogP contribution in [0, 0.1) is 0 Å². The third-order valence-electron chi connectivity index (χ3n) is 1.47. The van der Waals surface area contributed by atoms with Gasteiger partial charge in [0.2, 0.25) is 0 Å². The van der Waals surface area contributed by atoms with Crippen molar-refractivity contribution >= 4 is 32.3 Å². The molecule has 0 fully saturated rings. The number of nitrogens with one attached hydrogen (secondary N) is 1. The van der Waals surface area contributed by atoms with Gasteiger partial charge in [-0.2, -0.15) is 0 Å². The molecular formula is C7H10N2O4S2. The lowest BCUT2D eigenvalue weighted by atomic mass is 10.6. The lowest BCUT2D eigenvalue weighted by molar-refractivity contribution is 0.0702. The van der Waals surface area contributed by atoms with Gasteiger partial charge in [-0.15, -0.1) is 0 Å². The summed E-state index contributed by atoms with van der Waals surface area (Å²) >= 11 is 0.975. The van der Waals surface area contributed by atoms with E-state index in [1.54, 1.807) is 0 Å². The minimum Gasteiger partial charge on any atom is -0.477 e. The van der Waals surface area contributed by atoms with E-state index in [0.29, 0.717) is 5.13 Å². The molecule has 84 valence electrons. The van der Waals surface area contributed by atoms with E-state index in [9.17, 15) is 13.2 Å². The normalized spacial score (nSPS) is 11.3. The number of carboxylic acid groups (broad SMARTS) is 1. The average molecular weight is 250 g/mol. The fourth-order valence-corrected chi connectivity index (χ4v) is 1.95. The standard InChI is InChI=1S/C7H10N2O4S2/c1-15(12,13)3-2-8-7-9-4-5(14-7)6(10)11/h4H,2-3H2,1H3,(H,8,9)(H,10,11). The van der Waals surface area contributed by atoms with Crippen molar-refractivity contribution in [2.75, 3.05) is 23.9 Å². The molecule has 1 aromatic heterocycles. The van der Waals surface area contributed by atoms with Crippen molar-refractivity contribution in [1.29, 1.82) is 0 Å². The van der Waals surface area contributed by atoms with Crippen LogP contribution in [0.2, 0.25) is 0 Å². The molecule has 0 aliphatic rings. The van der Waals surface area contributed by atoms with Gasteiger partial charge in [-0.05, 0) is 0 Å². The molecule has 0 atom stereocenters. The molecule has 1 heterocycles. The average Bonchev–Trinajstić information content (AvgIpc) is 2.50. The number of aromatic carboxylic acids is 1. The number of thiazole rings is 1. The molecule has 8 heteroatoms. The third-order valence-corrected chi connectivity index (χ3v) is 3.35. The highest BCUT2D eigenvalue weighted by atomic mass is 32.2. The SMILES string of the molecule is CS(=O)(=O)CCNc1ncc(C(=O)O)s1. The lowest BCUT2D eigenvalue weighted by Gasteiger charge is -1.99. The van der Waals surface area contributed by atoms with E-state index in [2.05, 4.69) is 10.3 Å². The molecule has 1 aromatic rings. The van der Waals surface area contributed by atoms with Crippen LogP contribution in [0.1, 0.15) is 9.67 Å². The van der Waals surface area contributed by atoms with E-state index in [4.69, 9.17) is 5.11 Å². The second-order valence-electron chi connectivity index (χ2n) is 2.89. The Labute approximate surface area is 90.9 Å². The first-order chi connectivity index (χ1) is 6.88. The summed E-state index contributed by atoms with van der Waals surface area (Å²) in [6.45, 7) is 0.228. The van der Waals surface area contributed by atoms with Crippen LogP contribution in [-0.4, -0.2) is 43.0 Å². The number of aromatic nitrogens is 1. The smallest absolute Gasteiger partial charge is 0.347 e. The van der Waals surface area contributed by atoms with Crippen LogP contribution in [0.15, 0.2) is 6.20 Å². The number of rotatable bonds is 5. The van der Waals surface area contributed by atoms with Gasteiger partial charge in [-0.3, -0.25) is 0 Å². The highest BCUT2D eigenvalue weighted by Gasteiger charge is 2.08. The van der Waals surface area contributed by atoms with Gasteiger partial charge >= 0.3 is 5.97 Å². The Morgan fingerprint density at radius 3 is 2.80 bits per heavy atom. The van der Waals surface area contributed by atoms with E-state index in [1.807, 2.05) is 0 Å². The minimum atomic E-state index is -3.01. The van der Waals surface area contributed by atoms with Crippen molar-refractivity contribution in [2.24, 2.45) is 0 Å². The Bertz CT molecular complexity index is 451. The Morgan fingerprint density at radius 1 is 1.67 bits per heavy atom. The van der Waals surface area contributed by atoms with Crippen LogP contribution in [0.5, 0.6) is 0 Å². The summed E-state index contributed by atoms with van der Waals surface area (Å²) in [6.07, 6.45) is 2.37. The molecule has 0 spiro atoms. The van der Waals surface area contributed by atoms with Crippen LogP contribution < -0.4 is 5.32 Å². The van der Waals surface area contributed by atoms with Crippen LogP contribution in [0.3, 0.4) is 0 Å². The maximum absolute atomic E-state index is 10.8. The zero-order valence-electron chi connectivity index (χ0n) is 7.93. The molecule has 0 saturated carbocycles. The summed E-state index contributed by atoms with van der Waals surface area (Å²) in [4.78, 5) is 14.4. The predicted molar refractivity (Wildman–Crippen MR) is 57.3 cm³/mol. The van der Waals surface area contributed by atoms with Crippen molar-refractivity contribution in [3.05, 3.63) is 11.1 Å². The van der Waals surface area contributed by atoms with Gasteiger partial charge in [0.25, 0.3) is 0 Å². The molecule has 0 amide bonds. The molecular weight excluding hydrogens is 240 g/mol. The van der Waals surface area contributed by atoms with Crippen molar-refractivity contribution < 1.29 is 18.3 Å². The zero-order valence-corrected chi connectivity index (χ0v) is 9.56. The molecule has 0 unspecified atom stereocenters. The van der Waals surface area contributed by atoms with E-state index >= 15 is 0 Å². The van der Waals surface area contributed by atoms with Crippen LogP contribution in [0.4, 0.5) is 5.13 Å². The number of carboxylic acids is 1. The molecule has 6 nitrogen and oxygen atoms in total. The van der Waals surface area contributed by atoms with Crippen molar-refractivity contribution in [2.45, 2.75) is 0 Å². The summed E-state index contributed by atoms with van der Waals surface area (Å²) in [5.74, 6) is -1.04. The van der Waals surface area contributed by atoms with E-state index in [1.165, 1.54) is 6.20 Å². The fourth-order valence-electron chi connectivity index (χ4n) is 0.798. The van der Waals surface area contributed by atoms with Crippen LogP contribution in [0.25, 0.3) is 0 Å². The number of nitrogens with zero attached hydrogens (tertiary/aromatic N) is 1. The Morgan fingerprint density at radius 2 is 2.33 bits per heavy atom. The van der Waals surface area contributed by atoms with Crippen molar-refractivity contribution in [3.63, 3.8) is 0 Å². The second-order valence-corrected chi connectivity index (χ2v) is 6.18. The zero-order chi connectivity index (χ0) is 11.5. The number of carbonyl (C=O) groups is 1. The second kappa shape index (κ2) is 4.58. The van der Waals surface area contributed by atoms with Gasteiger partial charge in [0.1, 0.15) is 14.7 Å². The largest absolute Gasteiger partial charge is 0.477 e. The lowest BCUT2D eigenvalue weighted by Crippen LogP contribution is -2.13. The maximum atomic E-state index is 10.8. The van der Waals surface area contributed by atoms with Crippen LogP contribution >= 0.6 is 11.3 Å². The molecule has 2 N–H and O–H groups in total. The number of sulfone groups is 1. The molecule has 0 bridgehead atoms. The fraction of sp³-hybridized carbons (Fsp3) is 0.429. The molecule has 0 aliphatic heterocycles. The maximum Gasteiger partial charge on any atom is 0.347 e. The first-order valence-electron chi connectivity index (χ1n) is 3.99. The highest BCUT2D eigenvalue weighted by molar-refractivity contribution is 7.90. The summed E-state index contributed by atoms with van der Waals surface area (Å²) in [6, 6.07) is 0. The summed E-state index contributed by atoms with van der Waals surface area (Å²) in [7, 11) is -3.01. The van der Waals surface area contributed by atoms with Gasteiger partial charge in [0.15, 0.2) is 5.13 Å². The first-order valence-corrected chi connectivity index (χ1v) is 6.87. The highest BCUT2D eigenvalue weighted by Crippen LogP contribution is 2.17. The van der Waals surface area contributed by atoms with E-state index in [0.717, 1.165) is 17.6 Å². The Kier molecular flexibility index (Phi) is 3.64. The topological polar surface area (TPSA) is 96.4 Å². The summed E-state index contributed by atoms with van der Waals surface area (Å²) in [5.41, 5.74) is 0. The van der Waals surface area contributed by atoms with Gasteiger partial charge in [-0.25, -0.2) is 18.2 Å².